The van der Waals surface area contributed by atoms with Gasteiger partial charge >= 0.3 is 5.97 Å². The molecule has 162 valence electrons. The summed E-state index contributed by atoms with van der Waals surface area (Å²) in [5.41, 5.74) is 3.78. The van der Waals surface area contributed by atoms with E-state index in [-0.39, 0.29) is 30.0 Å². The Morgan fingerprint density at radius 3 is 2.48 bits per heavy atom. The molecular weight excluding hydrogens is 396 g/mol. The normalized spacial score (nSPS) is 11.3. The van der Waals surface area contributed by atoms with E-state index < -0.39 is 5.97 Å². The van der Waals surface area contributed by atoms with Gasteiger partial charge in [0.05, 0.1) is 5.69 Å². The number of hydrogen-bond acceptors (Lipinski definition) is 5. The van der Waals surface area contributed by atoms with E-state index in [2.05, 4.69) is 34.4 Å². The molecule has 2 aromatic carbocycles. The van der Waals surface area contributed by atoms with Gasteiger partial charge in [0, 0.05) is 13.0 Å². The van der Waals surface area contributed by atoms with Crippen molar-refractivity contribution in [1.29, 1.82) is 0 Å². The number of phenolic OH excluding ortho intramolecular Hbond substituents is 1. The summed E-state index contributed by atoms with van der Waals surface area (Å²) in [6.45, 7) is 4.01. The smallest absolute Gasteiger partial charge is 0.303 e. The van der Waals surface area contributed by atoms with Crippen LogP contribution in [-0.4, -0.2) is 26.0 Å². The molecule has 0 amide bonds. The minimum absolute atomic E-state index is 0.0233. The third-order valence-corrected chi connectivity index (χ3v) is 5.16. The SMILES string of the molecule is Cc1ccccc1CCc1cccc(N=Nc2c(C)[nH]n(CCCC(=O)O)c2=O)c1O. The van der Waals surface area contributed by atoms with Crippen LogP contribution >= 0.6 is 0 Å². The summed E-state index contributed by atoms with van der Waals surface area (Å²) >= 11 is 0. The fraction of sp³-hybridized carbons (Fsp3) is 0.304. The van der Waals surface area contributed by atoms with E-state index in [4.69, 9.17) is 5.11 Å². The maximum absolute atomic E-state index is 12.5. The number of aliphatic carboxylic acids is 1. The van der Waals surface area contributed by atoms with Crippen LogP contribution in [0.4, 0.5) is 11.4 Å². The Balaban J connectivity index is 1.75. The minimum Gasteiger partial charge on any atom is -0.505 e. The van der Waals surface area contributed by atoms with Crippen LogP contribution in [0, 0.1) is 13.8 Å². The van der Waals surface area contributed by atoms with Crippen LogP contribution in [0.5, 0.6) is 5.75 Å². The number of benzene rings is 2. The number of nitrogens with one attached hydrogen (secondary N) is 1. The van der Waals surface area contributed by atoms with Gasteiger partial charge in [-0.3, -0.25) is 19.4 Å². The van der Waals surface area contributed by atoms with Gasteiger partial charge in [0.15, 0.2) is 5.69 Å². The van der Waals surface area contributed by atoms with Gasteiger partial charge in [-0.2, -0.15) is 0 Å². The molecule has 1 aromatic heterocycles. The zero-order valence-electron chi connectivity index (χ0n) is 17.6. The second-order valence-corrected chi connectivity index (χ2v) is 7.45. The topological polar surface area (TPSA) is 120 Å². The fourth-order valence-electron chi connectivity index (χ4n) is 3.38. The van der Waals surface area contributed by atoms with Crippen LogP contribution in [0.3, 0.4) is 0 Å². The Labute approximate surface area is 179 Å². The number of para-hydroxylation sites is 1. The molecule has 0 aliphatic heterocycles. The Hall–Kier alpha value is -3.68. The highest BCUT2D eigenvalue weighted by molar-refractivity contribution is 5.66. The van der Waals surface area contributed by atoms with Crippen molar-refractivity contribution in [3.8, 4) is 5.75 Å². The molecule has 0 saturated heterocycles. The zero-order chi connectivity index (χ0) is 22.4. The first kappa shape index (κ1) is 22.0. The standard InChI is InChI=1S/C23H26N4O4/c1-15-7-3-4-8-17(15)12-13-18-9-5-10-19(22(18)30)24-25-21-16(2)26-27(23(21)31)14-6-11-20(28)29/h3-5,7-10,26,30H,6,11-14H2,1-2H3,(H,28,29). The van der Waals surface area contributed by atoms with Gasteiger partial charge in [-0.1, -0.05) is 36.4 Å². The first-order valence-electron chi connectivity index (χ1n) is 10.1. The number of carboxylic acid groups (broad SMARTS) is 1. The number of phenols is 1. The molecule has 0 unspecified atom stereocenters. The lowest BCUT2D eigenvalue weighted by Crippen LogP contribution is -2.17. The van der Waals surface area contributed by atoms with Gasteiger partial charge in [-0.15, -0.1) is 10.2 Å². The number of hydrogen-bond donors (Lipinski definition) is 3. The van der Waals surface area contributed by atoms with E-state index in [1.807, 2.05) is 18.2 Å². The zero-order valence-corrected chi connectivity index (χ0v) is 17.6. The van der Waals surface area contributed by atoms with Gasteiger partial charge in [-0.05, 0) is 55.9 Å². The highest BCUT2D eigenvalue weighted by Gasteiger charge is 2.12. The van der Waals surface area contributed by atoms with Crippen LogP contribution in [0.2, 0.25) is 0 Å². The second kappa shape index (κ2) is 9.88. The summed E-state index contributed by atoms with van der Waals surface area (Å²) in [5.74, 6) is -0.858. The Kier molecular flexibility index (Phi) is 7.02. The molecular formula is C23H26N4O4. The average molecular weight is 422 g/mol. The molecule has 1 heterocycles. The first-order chi connectivity index (χ1) is 14.9. The van der Waals surface area contributed by atoms with Gasteiger partial charge in [0.2, 0.25) is 0 Å². The molecule has 0 atom stereocenters. The van der Waals surface area contributed by atoms with Gasteiger partial charge in [0.1, 0.15) is 11.4 Å². The number of nitrogens with zero attached hydrogens (tertiary/aromatic N) is 3. The van der Waals surface area contributed by atoms with Crippen molar-refractivity contribution in [2.24, 2.45) is 10.2 Å². The summed E-state index contributed by atoms with van der Waals surface area (Å²) in [6, 6.07) is 13.4. The van der Waals surface area contributed by atoms with Crippen molar-refractivity contribution in [3.05, 3.63) is 75.2 Å². The number of carbonyl (C=O) groups is 1. The predicted molar refractivity (Wildman–Crippen MR) is 118 cm³/mol. The highest BCUT2D eigenvalue weighted by atomic mass is 16.4. The number of aromatic amines is 1. The van der Waals surface area contributed by atoms with E-state index in [1.54, 1.807) is 19.1 Å². The number of rotatable bonds is 9. The summed E-state index contributed by atoms with van der Waals surface area (Å²) in [6.07, 6.45) is 1.75. The number of H-pyrrole nitrogens is 1. The summed E-state index contributed by atoms with van der Waals surface area (Å²) in [4.78, 5) is 23.2. The van der Waals surface area contributed by atoms with Gasteiger partial charge in [-0.25, -0.2) is 0 Å². The van der Waals surface area contributed by atoms with Crippen molar-refractivity contribution in [1.82, 2.24) is 9.78 Å². The highest BCUT2D eigenvalue weighted by Crippen LogP contribution is 2.32. The van der Waals surface area contributed by atoms with Crippen molar-refractivity contribution in [2.45, 2.75) is 46.1 Å². The van der Waals surface area contributed by atoms with Crippen LogP contribution < -0.4 is 5.56 Å². The molecule has 0 aliphatic carbocycles. The molecule has 8 nitrogen and oxygen atoms in total. The van der Waals surface area contributed by atoms with E-state index in [0.717, 1.165) is 12.0 Å². The Bertz CT molecular complexity index is 1160. The van der Waals surface area contributed by atoms with Crippen molar-refractivity contribution < 1.29 is 15.0 Å². The van der Waals surface area contributed by atoms with Gasteiger partial charge < -0.3 is 10.2 Å². The molecule has 8 heteroatoms. The Morgan fingerprint density at radius 1 is 1.03 bits per heavy atom. The number of aryl methyl sites for hydroxylation is 5. The molecule has 3 N–H and O–H groups in total. The van der Waals surface area contributed by atoms with Crippen LogP contribution in [-0.2, 0) is 24.2 Å². The third kappa shape index (κ3) is 5.48. The monoisotopic (exact) mass is 422 g/mol. The lowest BCUT2D eigenvalue weighted by molar-refractivity contribution is -0.137. The molecule has 0 saturated carbocycles. The van der Waals surface area contributed by atoms with Crippen molar-refractivity contribution in [3.63, 3.8) is 0 Å². The van der Waals surface area contributed by atoms with Crippen LogP contribution in [0.15, 0.2) is 57.5 Å². The summed E-state index contributed by atoms with van der Waals surface area (Å²) < 4.78 is 1.32. The fourth-order valence-corrected chi connectivity index (χ4v) is 3.38. The average Bonchev–Trinajstić information content (AvgIpc) is 3.00. The van der Waals surface area contributed by atoms with Gasteiger partial charge in [0.25, 0.3) is 5.56 Å². The van der Waals surface area contributed by atoms with E-state index in [0.29, 0.717) is 24.2 Å². The van der Waals surface area contributed by atoms with E-state index in [9.17, 15) is 14.7 Å². The van der Waals surface area contributed by atoms with E-state index in [1.165, 1.54) is 15.8 Å². The maximum Gasteiger partial charge on any atom is 0.303 e. The van der Waals surface area contributed by atoms with Crippen molar-refractivity contribution >= 4 is 17.3 Å². The van der Waals surface area contributed by atoms with Crippen LogP contribution in [0.25, 0.3) is 0 Å². The number of aromatic nitrogens is 2. The molecule has 0 fully saturated rings. The molecule has 31 heavy (non-hydrogen) atoms. The largest absolute Gasteiger partial charge is 0.505 e. The molecule has 0 bridgehead atoms. The molecule has 3 aromatic rings. The molecule has 3 rings (SSSR count). The molecule has 0 radical (unpaired) electrons. The Morgan fingerprint density at radius 2 is 1.74 bits per heavy atom. The quantitative estimate of drug-likeness (QED) is 0.438. The first-order valence-corrected chi connectivity index (χ1v) is 10.1. The van der Waals surface area contributed by atoms with E-state index >= 15 is 0 Å². The molecule has 0 spiro atoms. The molecule has 0 aliphatic rings. The maximum atomic E-state index is 12.5. The predicted octanol–water partition coefficient (Wildman–Crippen LogP) is 4.56. The third-order valence-electron chi connectivity index (χ3n) is 5.16. The van der Waals surface area contributed by atoms with Crippen LogP contribution in [0.1, 0.15) is 35.2 Å². The lowest BCUT2D eigenvalue weighted by Gasteiger charge is -2.08. The minimum atomic E-state index is -0.908. The number of aromatic hydroxyl groups is 1. The van der Waals surface area contributed by atoms with Crippen molar-refractivity contribution in [2.75, 3.05) is 0 Å². The summed E-state index contributed by atoms with van der Waals surface area (Å²) in [7, 11) is 0. The second-order valence-electron chi connectivity index (χ2n) is 7.45. The lowest BCUT2D eigenvalue weighted by atomic mass is 10.00. The number of azo groups is 1. The number of carboxylic acids is 1. The summed E-state index contributed by atoms with van der Waals surface area (Å²) in [5, 5.41) is 30.4.